The standard InChI is InChI=1S/C30H42O7/c1-14(8-16(31)9-15(2)25(35)36)17-10-22(34)29(7)23-18(32)11-19-26(3,4)21(33)12-20-28(19,6)24(23)30(20,37)13-27(17,29)5/h14-15,17-20,32,37H,8-13H2,1-7H3,(H,35,36). The average Bonchev–Trinajstić information content (AvgIpc) is 2.98. The van der Waals surface area contributed by atoms with E-state index < -0.39 is 45.3 Å². The fourth-order valence-corrected chi connectivity index (χ4v) is 10.3. The molecule has 0 amide bonds. The Morgan fingerprint density at radius 2 is 1.59 bits per heavy atom. The Balaban J connectivity index is 1.57. The molecular formula is C30H42O7. The monoisotopic (exact) mass is 514 g/mol. The first kappa shape index (κ1) is 26.7. The number of fused-ring (bicyclic) bond motifs is 3. The summed E-state index contributed by atoms with van der Waals surface area (Å²) in [6, 6.07) is 0. The smallest absolute Gasteiger partial charge is 0.306 e. The van der Waals surface area contributed by atoms with Gasteiger partial charge in [0.2, 0.25) is 0 Å². The van der Waals surface area contributed by atoms with E-state index in [4.69, 9.17) is 0 Å². The molecule has 0 aromatic heterocycles. The summed E-state index contributed by atoms with van der Waals surface area (Å²) in [6.07, 6.45) is 0.469. The molecule has 0 aliphatic heterocycles. The maximum atomic E-state index is 13.9. The first-order chi connectivity index (χ1) is 16.9. The van der Waals surface area contributed by atoms with E-state index in [1.807, 2.05) is 34.6 Å². The topological polar surface area (TPSA) is 129 Å². The van der Waals surface area contributed by atoms with Gasteiger partial charge in [0.05, 0.1) is 23.0 Å². The van der Waals surface area contributed by atoms with E-state index in [0.717, 1.165) is 5.57 Å². The number of carbonyl (C=O) groups excluding carboxylic acids is 3. The third-order valence-corrected chi connectivity index (χ3v) is 12.3. The largest absolute Gasteiger partial charge is 0.481 e. The summed E-state index contributed by atoms with van der Waals surface area (Å²) in [5.41, 5.74) is -2.49. The van der Waals surface area contributed by atoms with Crippen LogP contribution in [0.2, 0.25) is 0 Å². The first-order valence-corrected chi connectivity index (χ1v) is 13.9. The van der Waals surface area contributed by atoms with Crippen molar-refractivity contribution in [2.75, 3.05) is 0 Å². The van der Waals surface area contributed by atoms with Crippen LogP contribution >= 0.6 is 0 Å². The first-order valence-electron chi connectivity index (χ1n) is 13.9. The minimum Gasteiger partial charge on any atom is -0.481 e. The predicted octanol–water partition coefficient (Wildman–Crippen LogP) is 3.74. The molecule has 10 unspecified atom stereocenters. The number of aliphatic hydroxyl groups excluding tert-OH is 1. The van der Waals surface area contributed by atoms with E-state index >= 15 is 0 Å². The van der Waals surface area contributed by atoms with Crippen molar-refractivity contribution in [1.82, 2.24) is 0 Å². The van der Waals surface area contributed by atoms with Crippen LogP contribution in [-0.4, -0.2) is 50.3 Å². The molecule has 3 N–H and O–H groups in total. The van der Waals surface area contributed by atoms with Gasteiger partial charge in [0, 0.05) is 42.4 Å². The molecule has 5 aliphatic carbocycles. The lowest BCUT2D eigenvalue weighted by Crippen LogP contribution is -2.77. The van der Waals surface area contributed by atoms with Crippen LogP contribution in [0.15, 0.2) is 11.1 Å². The van der Waals surface area contributed by atoms with E-state index in [1.54, 1.807) is 0 Å². The Morgan fingerprint density at radius 3 is 2.19 bits per heavy atom. The summed E-state index contributed by atoms with van der Waals surface area (Å²) in [7, 11) is 0. The summed E-state index contributed by atoms with van der Waals surface area (Å²) in [5, 5.41) is 33.2. The van der Waals surface area contributed by atoms with E-state index in [9.17, 15) is 34.5 Å². The third kappa shape index (κ3) is 2.96. The molecule has 0 saturated heterocycles. The van der Waals surface area contributed by atoms with Crippen LogP contribution < -0.4 is 0 Å². The summed E-state index contributed by atoms with van der Waals surface area (Å²) < 4.78 is 0. The van der Waals surface area contributed by atoms with Crippen molar-refractivity contribution in [1.29, 1.82) is 0 Å². The van der Waals surface area contributed by atoms with Crippen LogP contribution in [0.1, 0.15) is 87.0 Å². The normalized spacial score (nSPS) is 47.1. The molecule has 3 fully saturated rings. The summed E-state index contributed by atoms with van der Waals surface area (Å²) in [5.74, 6) is -2.51. The number of hydrogen-bond acceptors (Lipinski definition) is 6. The molecule has 0 radical (unpaired) electrons. The fraction of sp³-hybridized carbons (Fsp3) is 0.800. The number of rotatable bonds is 6. The lowest BCUT2D eigenvalue weighted by atomic mass is 9.28. The van der Waals surface area contributed by atoms with Gasteiger partial charge < -0.3 is 15.3 Å². The van der Waals surface area contributed by atoms with Gasteiger partial charge in [-0.25, -0.2) is 0 Å². The Kier molecular flexibility index (Phi) is 5.51. The van der Waals surface area contributed by atoms with Crippen molar-refractivity contribution in [2.24, 2.45) is 51.2 Å². The van der Waals surface area contributed by atoms with Crippen LogP contribution in [0, 0.1) is 51.2 Å². The maximum absolute atomic E-state index is 13.9. The van der Waals surface area contributed by atoms with Gasteiger partial charge in [-0.1, -0.05) is 41.5 Å². The van der Waals surface area contributed by atoms with Crippen molar-refractivity contribution in [3.8, 4) is 0 Å². The Labute approximate surface area is 219 Å². The highest BCUT2D eigenvalue weighted by Gasteiger charge is 2.81. The lowest BCUT2D eigenvalue weighted by molar-refractivity contribution is -0.234. The highest BCUT2D eigenvalue weighted by Crippen LogP contribution is 2.81. The number of Topliss-reactive ketones (excluding diaryl/α,β-unsaturated/α-hetero) is 3. The van der Waals surface area contributed by atoms with E-state index in [0.29, 0.717) is 18.4 Å². The van der Waals surface area contributed by atoms with Crippen molar-refractivity contribution in [3.63, 3.8) is 0 Å². The molecule has 5 rings (SSSR count). The van der Waals surface area contributed by atoms with Crippen LogP contribution in [0.25, 0.3) is 0 Å². The minimum atomic E-state index is -1.26. The SMILES string of the molecule is CC(CC(=O)CC(C)C1CC(=O)C2(C)C3=C4C(O)(CC12C)C1CC(=O)C(C)(C)C(CC3O)C41C)C(=O)O. The summed E-state index contributed by atoms with van der Waals surface area (Å²) in [4.78, 5) is 51.2. The maximum Gasteiger partial charge on any atom is 0.306 e. The van der Waals surface area contributed by atoms with Gasteiger partial charge >= 0.3 is 5.97 Å². The fourth-order valence-electron chi connectivity index (χ4n) is 10.3. The van der Waals surface area contributed by atoms with E-state index in [2.05, 4.69) is 6.92 Å². The van der Waals surface area contributed by atoms with Crippen molar-refractivity contribution >= 4 is 23.3 Å². The van der Waals surface area contributed by atoms with Crippen LogP contribution in [0.3, 0.4) is 0 Å². The quantitative estimate of drug-likeness (QED) is 0.461. The molecule has 3 saturated carbocycles. The molecule has 0 aromatic rings. The number of carbonyl (C=O) groups is 4. The number of carboxylic acid groups (broad SMARTS) is 1. The van der Waals surface area contributed by atoms with Crippen LogP contribution in [0.5, 0.6) is 0 Å². The van der Waals surface area contributed by atoms with Gasteiger partial charge in [-0.15, -0.1) is 0 Å². The number of aliphatic hydroxyl groups is 2. The zero-order chi connectivity index (χ0) is 27.7. The van der Waals surface area contributed by atoms with E-state index in [-0.39, 0.29) is 66.7 Å². The van der Waals surface area contributed by atoms with Crippen LogP contribution in [0.4, 0.5) is 0 Å². The molecule has 0 bridgehead atoms. The molecule has 7 nitrogen and oxygen atoms in total. The predicted molar refractivity (Wildman–Crippen MR) is 135 cm³/mol. The number of ketones is 3. The summed E-state index contributed by atoms with van der Waals surface area (Å²) in [6.45, 7) is 13.4. The molecule has 204 valence electrons. The highest BCUT2D eigenvalue weighted by molar-refractivity contribution is 5.94. The van der Waals surface area contributed by atoms with Crippen LogP contribution in [-0.2, 0) is 19.2 Å². The van der Waals surface area contributed by atoms with Gasteiger partial charge in [-0.3, -0.25) is 19.2 Å². The second kappa shape index (κ2) is 7.62. The molecule has 0 spiro atoms. The molecule has 5 aliphatic rings. The molecule has 7 heteroatoms. The Bertz CT molecular complexity index is 1150. The van der Waals surface area contributed by atoms with Gasteiger partial charge in [-0.2, -0.15) is 0 Å². The lowest BCUT2D eigenvalue weighted by Gasteiger charge is -2.76. The van der Waals surface area contributed by atoms with Crippen molar-refractivity contribution in [3.05, 3.63) is 11.1 Å². The molecular weight excluding hydrogens is 472 g/mol. The van der Waals surface area contributed by atoms with Crippen molar-refractivity contribution in [2.45, 2.75) is 98.7 Å². The second-order valence-electron chi connectivity index (χ2n) is 14.3. The van der Waals surface area contributed by atoms with Gasteiger partial charge in [0.1, 0.15) is 17.3 Å². The zero-order valence-electron chi connectivity index (χ0n) is 23.2. The molecule has 37 heavy (non-hydrogen) atoms. The molecule has 0 aromatic carbocycles. The number of carboxylic acids is 1. The molecule has 10 atom stereocenters. The Morgan fingerprint density at radius 1 is 0.973 bits per heavy atom. The third-order valence-electron chi connectivity index (χ3n) is 12.3. The molecule has 0 heterocycles. The highest BCUT2D eigenvalue weighted by atomic mass is 16.4. The number of aliphatic carboxylic acids is 1. The summed E-state index contributed by atoms with van der Waals surface area (Å²) >= 11 is 0. The van der Waals surface area contributed by atoms with Crippen molar-refractivity contribution < 1.29 is 34.5 Å². The van der Waals surface area contributed by atoms with Gasteiger partial charge in [0.15, 0.2) is 0 Å². The minimum absolute atomic E-state index is 0.0402. The Hall–Kier alpha value is -1.86. The average molecular weight is 515 g/mol. The zero-order valence-corrected chi connectivity index (χ0v) is 23.2. The van der Waals surface area contributed by atoms with Gasteiger partial charge in [-0.05, 0) is 54.1 Å². The second-order valence-corrected chi connectivity index (χ2v) is 14.3. The van der Waals surface area contributed by atoms with Gasteiger partial charge in [0.25, 0.3) is 0 Å². The number of hydrogen-bond donors (Lipinski definition) is 3. The van der Waals surface area contributed by atoms with E-state index in [1.165, 1.54) is 6.92 Å².